The lowest BCUT2D eigenvalue weighted by molar-refractivity contribution is -0.150. The number of carbonyl (C=O) groups is 1. The number of carboxylic acid groups (broad SMARTS) is 1. The van der Waals surface area contributed by atoms with Crippen LogP contribution in [0.25, 0.3) is 0 Å². The Labute approximate surface area is 81.2 Å². The third-order valence-electron chi connectivity index (χ3n) is 2.29. The summed E-state index contributed by atoms with van der Waals surface area (Å²) in [5, 5.41) is 25.5. The lowest BCUT2D eigenvalue weighted by atomic mass is 9.83. The summed E-state index contributed by atoms with van der Waals surface area (Å²) in [6.45, 7) is 3.26. The van der Waals surface area contributed by atoms with Gasteiger partial charge in [-0.1, -0.05) is 19.1 Å². The maximum atomic E-state index is 10.7. The van der Waals surface area contributed by atoms with Gasteiger partial charge in [-0.05, 0) is 0 Å². The van der Waals surface area contributed by atoms with Crippen molar-refractivity contribution >= 4 is 5.97 Å². The van der Waals surface area contributed by atoms with E-state index in [0.29, 0.717) is 5.69 Å². The summed E-state index contributed by atoms with van der Waals surface area (Å²) < 4.78 is 1.45. The van der Waals surface area contributed by atoms with E-state index < -0.39 is 17.5 Å². The largest absolute Gasteiger partial charge is 0.479 e. The molecular weight excluding hydrogens is 186 g/mol. The number of aryl methyl sites for hydroxylation is 1. The zero-order valence-electron chi connectivity index (χ0n) is 8.30. The number of rotatable bonds is 3. The lowest BCUT2D eigenvalue weighted by Crippen LogP contribution is -2.41. The normalized spacial score (nSPS) is 14.0. The van der Waals surface area contributed by atoms with Crippen LogP contribution in [-0.2, 0) is 17.3 Å². The second kappa shape index (κ2) is 3.38. The molecule has 2 N–H and O–H groups in total. The molecule has 1 aromatic heterocycles. The molecule has 78 valence electrons. The van der Waals surface area contributed by atoms with Crippen molar-refractivity contribution in [2.24, 2.45) is 7.05 Å². The number of aliphatic hydroxyl groups excluding tert-OH is 1. The van der Waals surface area contributed by atoms with Crippen molar-refractivity contribution in [1.29, 1.82) is 0 Å². The summed E-state index contributed by atoms with van der Waals surface area (Å²) in [5.74, 6) is -1.25. The maximum Gasteiger partial charge on any atom is 0.333 e. The van der Waals surface area contributed by atoms with Gasteiger partial charge in [0.25, 0.3) is 0 Å². The van der Waals surface area contributed by atoms with Gasteiger partial charge in [0.05, 0.1) is 11.9 Å². The number of hydrogen-bond donors (Lipinski definition) is 2. The van der Waals surface area contributed by atoms with Gasteiger partial charge in [0.2, 0.25) is 0 Å². The van der Waals surface area contributed by atoms with Crippen LogP contribution in [0.2, 0.25) is 0 Å². The Morgan fingerprint density at radius 3 is 2.57 bits per heavy atom. The number of aliphatic carboxylic acids is 1. The topological polar surface area (TPSA) is 88.2 Å². The van der Waals surface area contributed by atoms with Gasteiger partial charge < -0.3 is 10.2 Å². The van der Waals surface area contributed by atoms with Crippen LogP contribution in [0, 0.1) is 0 Å². The van der Waals surface area contributed by atoms with Crippen LogP contribution >= 0.6 is 0 Å². The van der Waals surface area contributed by atoms with Crippen LogP contribution in [0.15, 0.2) is 6.20 Å². The third kappa shape index (κ3) is 1.60. The highest BCUT2D eigenvalue weighted by Crippen LogP contribution is 2.25. The van der Waals surface area contributed by atoms with Crippen LogP contribution in [0.5, 0.6) is 0 Å². The highest BCUT2D eigenvalue weighted by atomic mass is 16.4. The number of carboxylic acids is 1. The second-order valence-electron chi connectivity index (χ2n) is 3.71. The summed E-state index contributed by atoms with van der Waals surface area (Å²) >= 11 is 0. The predicted molar refractivity (Wildman–Crippen MR) is 47.7 cm³/mol. The molecule has 1 rings (SSSR count). The van der Waals surface area contributed by atoms with Gasteiger partial charge in [-0.15, -0.1) is 5.10 Å². The molecule has 1 atom stereocenters. The van der Waals surface area contributed by atoms with Crippen LogP contribution in [0.1, 0.15) is 19.5 Å². The highest BCUT2D eigenvalue weighted by Gasteiger charge is 2.37. The van der Waals surface area contributed by atoms with E-state index in [2.05, 4.69) is 10.3 Å². The smallest absolute Gasteiger partial charge is 0.333 e. The predicted octanol–water partition coefficient (Wildman–Crippen LogP) is -0.462. The minimum absolute atomic E-state index is 0.576. The van der Waals surface area contributed by atoms with E-state index in [1.807, 2.05) is 0 Å². The van der Waals surface area contributed by atoms with Gasteiger partial charge in [-0.25, -0.2) is 4.79 Å². The molecule has 0 saturated heterocycles. The quantitative estimate of drug-likeness (QED) is 0.687. The van der Waals surface area contributed by atoms with E-state index >= 15 is 0 Å². The molecule has 0 aromatic carbocycles. The molecule has 0 spiro atoms. The van der Waals surface area contributed by atoms with E-state index in [1.165, 1.54) is 10.9 Å². The molecule has 0 radical (unpaired) electrons. The maximum absolute atomic E-state index is 10.7. The Balaban J connectivity index is 3.07. The molecule has 0 saturated carbocycles. The first-order valence-corrected chi connectivity index (χ1v) is 4.13. The van der Waals surface area contributed by atoms with Gasteiger partial charge in [0.15, 0.2) is 6.10 Å². The van der Waals surface area contributed by atoms with Crippen molar-refractivity contribution in [3.05, 3.63) is 11.9 Å². The minimum Gasteiger partial charge on any atom is -0.479 e. The third-order valence-corrected chi connectivity index (χ3v) is 2.29. The average Bonchev–Trinajstić information content (AvgIpc) is 2.50. The molecule has 0 aliphatic heterocycles. The molecule has 6 nitrogen and oxygen atoms in total. The van der Waals surface area contributed by atoms with Gasteiger partial charge in [0, 0.05) is 12.5 Å². The zero-order chi connectivity index (χ0) is 10.9. The fourth-order valence-corrected chi connectivity index (χ4v) is 1.32. The summed E-state index contributed by atoms with van der Waals surface area (Å²) in [7, 11) is 1.65. The molecule has 0 aliphatic rings. The SMILES string of the molecule is Cn1nncc1C(C)(C)C(O)C(=O)O. The molecular formula is C8H13N3O3. The lowest BCUT2D eigenvalue weighted by Gasteiger charge is -2.26. The van der Waals surface area contributed by atoms with Crippen molar-refractivity contribution in [3.63, 3.8) is 0 Å². The zero-order valence-corrected chi connectivity index (χ0v) is 8.30. The molecule has 6 heteroatoms. The fraction of sp³-hybridized carbons (Fsp3) is 0.625. The standard InChI is InChI=1S/C8H13N3O3/c1-8(2,6(12)7(13)14)5-4-9-10-11(5)3/h4,6,12H,1-3H3,(H,13,14). The van der Waals surface area contributed by atoms with Crippen LogP contribution in [0.3, 0.4) is 0 Å². The van der Waals surface area contributed by atoms with Crippen molar-refractivity contribution in [1.82, 2.24) is 15.0 Å². The first kappa shape index (κ1) is 10.6. The number of aliphatic hydroxyl groups is 1. The first-order valence-electron chi connectivity index (χ1n) is 4.13. The molecule has 1 heterocycles. The van der Waals surface area contributed by atoms with Gasteiger partial charge in [-0.3, -0.25) is 4.68 Å². The first-order chi connectivity index (χ1) is 6.37. The van der Waals surface area contributed by atoms with E-state index in [9.17, 15) is 9.90 Å². The summed E-state index contributed by atoms with van der Waals surface area (Å²) in [4.78, 5) is 10.7. The number of nitrogens with zero attached hydrogens (tertiary/aromatic N) is 3. The summed E-state index contributed by atoms with van der Waals surface area (Å²) in [5.41, 5.74) is -0.336. The Hall–Kier alpha value is -1.43. The van der Waals surface area contributed by atoms with Crippen LogP contribution in [-0.4, -0.2) is 37.3 Å². The van der Waals surface area contributed by atoms with Crippen molar-refractivity contribution < 1.29 is 15.0 Å². The van der Waals surface area contributed by atoms with Gasteiger partial charge in [0.1, 0.15) is 0 Å². The van der Waals surface area contributed by atoms with Crippen molar-refractivity contribution in [2.45, 2.75) is 25.4 Å². The fourth-order valence-electron chi connectivity index (χ4n) is 1.32. The molecule has 0 fully saturated rings. The molecule has 1 unspecified atom stereocenters. The molecule has 0 bridgehead atoms. The van der Waals surface area contributed by atoms with Gasteiger partial charge >= 0.3 is 5.97 Å². The number of hydrogen-bond acceptors (Lipinski definition) is 4. The van der Waals surface area contributed by atoms with Crippen LogP contribution in [0.4, 0.5) is 0 Å². The van der Waals surface area contributed by atoms with E-state index in [0.717, 1.165) is 0 Å². The second-order valence-corrected chi connectivity index (χ2v) is 3.71. The van der Waals surface area contributed by atoms with Crippen molar-refractivity contribution in [3.8, 4) is 0 Å². The van der Waals surface area contributed by atoms with E-state index in [-0.39, 0.29) is 0 Å². The Bertz CT molecular complexity index is 345. The van der Waals surface area contributed by atoms with Crippen molar-refractivity contribution in [2.75, 3.05) is 0 Å². The summed E-state index contributed by atoms with van der Waals surface area (Å²) in [6.07, 6.45) is -0.0219. The Morgan fingerprint density at radius 1 is 1.64 bits per heavy atom. The Kier molecular flexibility index (Phi) is 2.57. The molecule has 14 heavy (non-hydrogen) atoms. The molecule has 0 amide bonds. The minimum atomic E-state index is -1.47. The number of aromatic nitrogens is 3. The van der Waals surface area contributed by atoms with Crippen LogP contribution < -0.4 is 0 Å². The Morgan fingerprint density at radius 2 is 2.21 bits per heavy atom. The molecule has 1 aromatic rings. The summed E-state index contributed by atoms with van der Waals surface area (Å²) in [6, 6.07) is 0. The monoisotopic (exact) mass is 199 g/mol. The molecule has 0 aliphatic carbocycles. The highest BCUT2D eigenvalue weighted by molar-refractivity contribution is 5.74. The van der Waals surface area contributed by atoms with E-state index in [1.54, 1.807) is 20.9 Å². The van der Waals surface area contributed by atoms with Gasteiger partial charge in [-0.2, -0.15) is 0 Å². The average molecular weight is 199 g/mol. The van der Waals surface area contributed by atoms with E-state index in [4.69, 9.17) is 5.11 Å².